The van der Waals surface area contributed by atoms with Gasteiger partial charge in [-0.1, -0.05) is 6.42 Å². The van der Waals surface area contributed by atoms with Gasteiger partial charge in [0, 0.05) is 12.6 Å². The van der Waals surface area contributed by atoms with Gasteiger partial charge >= 0.3 is 0 Å². The molecule has 2 heterocycles. The fraction of sp³-hybridized carbons (Fsp3) is 0.583. The summed E-state index contributed by atoms with van der Waals surface area (Å²) in [6.45, 7) is 3.91. The molecule has 1 aliphatic heterocycles. The molecule has 0 radical (unpaired) electrons. The number of hydrogen-bond acceptors (Lipinski definition) is 6. The number of rotatable bonds is 5. The van der Waals surface area contributed by atoms with Crippen molar-refractivity contribution < 1.29 is 9.94 Å². The number of pyridine rings is 1. The van der Waals surface area contributed by atoms with Gasteiger partial charge in [0.2, 0.25) is 5.88 Å². The largest absolute Gasteiger partial charge is 0.476 e. The maximum absolute atomic E-state index is 8.98. The molecule has 0 aliphatic carbocycles. The number of anilines is 1. The highest BCUT2D eigenvalue weighted by molar-refractivity contribution is 5.40. The van der Waals surface area contributed by atoms with E-state index in [2.05, 4.69) is 9.88 Å². The number of piperidine rings is 1. The van der Waals surface area contributed by atoms with Crippen LogP contribution in [0.3, 0.4) is 0 Å². The van der Waals surface area contributed by atoms with Crippen molar-refractivity contribution in [2.75, 3.05) is 31.4 Å². The lowest BCUT2D eigenvalue weighted by Crippen LogP contribution is -2.33. The van der Waals surface area contributed by atoms with Gasteiger partial charge in [-0.05, 0) is 32.0 Å². The van der Waals surface area contributed by atoms with Gasteiger partial charge in [0.25, 0.3) is 0 Å². The van der Waals surface area contributed by atoms with Gasteiger partial charge in [0.1, 0.15) is 12.3 Å². The van der Waals surface area contributed by atoms with Crippen LogP contribution in [0, 0.1) is 0 Å². The van der Waals surface area contributed by atoms with Crippen LogP contribution in [-0.2, 0) is 0 Å². The topological polar surface area (TPSA) is 74.8 Å². The Labute approximate surface area is 107 Å². The maximum Gasteiger partial charge on any atom is 0.213 e. The van der Waals surface area contributed by atoms with Gasteiger partial charge in [-0.3, -0.25) is 10.1 Å². The molecule has 2 rings (SSSR count). The zero-order chi connectivity index (χ0) is 12.8. The number of nitrogens with two attached hydrogens (primary N) is 1. The van der Waals surface area contributed by atoms with E-state index in [1.807, 2.05) is 0 Å². The molecule has 1 aromatic rings. The standard InChI is InChI=1S/C12H20N4O2/c13-16(17)11-4-5-12(14-10-11)18-9-8-15-6-2-1-3-7-15/h4-5,10,17H,1-3,6-9,13H2. The molecule has 6 nitrogen and oxygen atoms in total. The Kier molecular flexibility index (Phi) is 4.74. The minimum atomic E-state index is 0.429. The Bertz CT molecular complexity index is 350. The second kappa shape index (κ2) is 6.53. The molecule has 0 amide bonds. The minimum absolute atomic E-state index is 0.429. The van der Waals surface area contributed by atoms with Crippen molar-refractivity contribution in [2.45, 2.75) is 19.3 Å². The quantitative estimate of drug-likeness (QED) is 0.602. The van der Waals surface area contributed by atoms with E-state index in [0.717, 1.165) is 6.54 Å². The van der Waals surface area contributed by atoms with E-state index in [-0.39, 0.29) is 0 Å². The Morgan fingerprint density at radius 2 is 2.11 bits per heavy atom. The SMILES string of the molecule is NN(O)c1ccc(OCCN2CCCCC2)nc1. The van der Waals surface area contributed by atoms with Gasteiger partial charge in [-0.15, -0.1) is 0 Å². The summed E-state index contributed by atoms with van der Waals surface area (Å²) >= 11 is 0. The Morgan fingerprint density at radius 3 is 2.72 bits per heavy atom. The lowest BCUT2D eigenvalue weighted by Gasteiger charge is -2.26. The van der Waals surface area contributed by atoms with Crippen molar-refractivity contribution in [3.8, 4) is 5.88 Å². The summed E-state index contributed by atoms with van der Waals surface area (Å²) in [6, 6.07) is 3.35. The monoisotopic (exact) mass is 252 g/mol. The third kappa shape index (κ3) is 3.83. The highest BCUT2D eigenvalue weighted by Gasteiger charge is 2.09. The molecule has 18 heavy (non-hydrogen) atoms. The molecule has 3 N–H and O–H groups in total. The smallest absolute Gasteiger partial charge is 0.213 e. The maximum atomic E-state index is 8.98. The van der Waals surface area contributed by atoms with E-state index in [9.17, 15) is 0 Å². The summed E-state index contributed by atoms with van der Waals surface area (Å²) in [5.41, 5.74) is 0.429. The van der Waals surface area contributed by atoms with Crippen LogP contribution < -0.4 is 15.8 Å². The molecule has 0 saturated carbocycles. The summed E-state index contributed by atoms with van der Waals surface area (Å²) in [6.07, 6.45) is 5.39. The third-order valence-corrected chi connectivity index (χ3v) is 3.09. The van der Waals surface area contributed by atoms with Crippen molar-refractivity contribution in [1.82, 2.24) is 9.88 Å². The Balaban J connectivity index is 1.72. The molecule has 0 unspecified atom stereocenters. The van der Waals surface area contributed by atoms with Gasteiger partial charge in [-0.25, -0.2) is 10.8 Å². The van der Waals surface area contributed by atoms with Crippen molar-refractivity contribution >= 4 is 5.69 Å². The number of nitrogens with zero attached hydrogens (tertiary/aromatic N) is 3. The van der Waals surface area contributed by atoms with Crippen LogP contribution in [0.25, 0.3) is 0 Å². The summed E-state index contributed by atoms with van der Waals surface area (Å²) in [7, 11) is 0. The van der Waals surface area contributed by atoms with E-state index in [0.29, 0.717) is 23.3 Å². The fourth-order valence-electron chi connectivity index (χ4n) is 2.06. The Hall–Kier alpha value is -1.37. The van der Waals surface area contributed by atoms with Crippen molar-refractivity contribution in [2.24, 2.45) is 5.84 Å². The van der Waals surface area contributed by atoms with Crippen LogP contribution >= 0.6 is 0 Å². The van der Waals surface area contributed by atoms with Crippen molar-refractivity contribution in [3.63, 3.8) is 0 Å². The van der Waals surface area contributed by atoms with Gasteiger partial charge in [0.05, 0.1) is 6.20 Å². The molecular formula is C12H20N4O2. The van der Waals surface area contributed by atoms with Crippen molar-refractivity contribution in [1.29, 1.82) is 0 Å². The van der Waals surface area contributed by atoms with Gasteiger partial charge < -0.3 is 4.74 Å². The van der Waals surface area contributed by atoms with Gasteiger partial charge in [-0.2, -0.15) is 5.17 Å². The van der Waals surface area contributed by atoms with E-state index in [1.165, 1.54) is 38.5 Å². The first-order valence-electron chi connectivity index (χ1n) is 6.30. The molecule has 0 aromatic carbocycles. The lowest BCUT2D eigenvalue weighted by molar-refractivity contribution is 0.180. The Morgan fingerprint density at radius 1 is 1.33 bits per heavy atom. The summed E-state index contributed by atoms with van der Waals surface area (Å²) in [4.78, 5) is 6.47. The number of ether oxygens (including phenoxy) is 1. The van der Waals surface area contributed by atoms with E-state index in [1.54, 1.807) is 12.1 Å². The number of hydrogen-bond donors (Lipinski definition) is 2. The second-order valence-electron chi connectivity index (χ2n) is 4.45. The summed E-state index contributed by atoms with van der Waals surface area (Å²) < 4.78 is 5.55. The van der Waals surface area contributed by atoms with E-state index >= 15 is 0 Å². The molecular weight excluding hydrogens is 232 g/mol. The highest BCUT2D eigenvalue weighted by atomic mass is 16.5. The molecule has 0 atom stereocenters. The lowest BCUT2D eigenvalue weighted by atomic mass is 10.1. The molecule has 100 valence electrons. The first-order chi connectivity index (χ1) is 8.75. The predicted octanol–water partition coefficient (Wildman–Crippen LogP) is 1.02. The first kappa shape index (κ1) is 13.1. The second-order valence-corrected chi connectivity index (χ2v) is 4.45. The van der Waals surface area contributed by atoms with Crippen LogP contribution in [0.4, 0.5) is 5.69 Å². The molecule has 1 aromatic heterocycles. The third-order valence-electron chi connectivity index (χ3n) is 3.09. The average molecular weight is 252 g/mol. The molecule has 1 aliphatic rings. The first-order valence-corrected chi connectivity index (χ1v) is 6.30. The summed E-state index contributed by atoms with van der Waals surface area (Å²) in [5.74, 6) is 5.72. The van der Waals surface area contributed by atoms with Crippen LogP contribution in [0.15, 0.2) is 18.3 Å². The van der Waals surface area contributed by atoms with Crippen LogP contribution in [0.2, 0.25) is 0 Å². The van der Waals surface area contributed by atoms with Gasteiger partial charge in [0.15, 0.2) is 0 Å². The fourth-order valence-corrected chi connectivity index (χ4v) is 2.06. The zero-order valence-corrected chi connectivity index (χ0v) is 10.5. The predicted molar refractivity (Wildman–Crippen MR) is 68.5 cm³/mol. The van der Waals surface area contributed by atoms with Crippen LogP contribution in [0.5, 0.6) is 5.88 Å². The number of aromatic nitrogens is 1. The van der Waals surface area contributed by atoms with E-state index in [4.69, 9.17) is 15.8 Å². The molecule has 1 saturated heterocycles. The molecule has 1 fully saturated rings. The molecule has 0 spiro atoms. The molecule has 0 bridgehead atoms. The normalized spacial score (nSPS) is 16.6. The summed E-state index contributed by atoms with van der Waals surface area (Å²) in [5, 5.41) is 9.52. The molecule has 6 heteroatoms. The van der Waals surface area contributed by atoms with Crippen LogP contribution in [0.1, 0.15) is 19.3 Å². The number of likely N-dealkylation sites (tertiary alicyclic amines) is 1. The van der Waals surface area contributed by atoms with Crippen molar-refractivity contribution in [3.05, 3.63) is 18.3 Å². The number of hydrazine groups is 1. The zero-order valence-electron chi connectivity index (χ0n) is 10.5. The van der Waals surface area contributed by atoms with E-state index < -0.39 is 0 Å². The average Bonchev–Trinajstić information content (AvgIpc) is 2.40. The highest BCUT2D eigenvalue weighted by Crippen LogP contribution is 2.13. The van der Waals surface area contributed by atoms with Crippen LogP contribution in [-0.4, -0.2) is 41.3 Å². The minimum Gasteiger partial charge on any atom is -0.476 e.